The number of hydrogen-bond donors (Lipinski definition) is 1. The Kier molecular flexibility index (Phi) is 4.16. The molecular weight excluding hydrogens is 370 g/mol. The van der Waals surface area contributed by atoms with E-state index in [0.29, 0.717) is 22.1 Å². The highest BCUT2D eigenvalue weighted by molar-refractivity contribution is 8.15. The minimum absolute atomic E-state index is 0.0332. The molecule has 2 aromatic carbocycles. The first-order chi connectivity index (χ1) is 13.0. The number of para-hydroxylation sites is 1. The van der Waals surface area contributed by atoms with E-state index in [1.807, 2.05) is 6.07 Å². The van der Waals surface area contributed by atoms with Gasteiger partial charge in [-0.2, -0.15) is 0 Å². The van der Waals surface area contributed by atoms with Crippen molar-refractivity contribution in [2.75, 3.05) is 16.0 Å². The molecule has 1 fully saturated rings. The Labute approximate surface area is 156 Å². The van der Waals surface area contributed by atoms with Gasteiger partial charge < -0.3 is 5.32 Å². The van der Waals surface area contributed by atoms with Gasteiger partial charge in [-0.3, -0.25) is 24.6 Å². The number of benzene rings is 2. The van der Waals surface area contributed by atoms with E-state index >= 15 is 0 Å². The molecule has 0 spiro atoms. The molecule has 2 aliphatic rings. The number of hydrogen-bond acceptors (Lipinski definition) is 7. The molecule has 9 nitrogen and oxygen atoms in total. The first-order valence-electron chi connectivity index (χ1n) is 7.81. The number of carbonyl (C=O) groups excluding carboxylic acids is 2. The third-order valence-electron chi connectivity index (χ3n) is 3.95. The highest BCUT2D eigenvalue weighted by atomic mass is 32.2. The molecule has 10 heteroatoms. The summed E-state index contributed by atoms with van der Waals surface area (Å²) in [6.45, 7) is 0. The van der Waals surface area contributed by atoms with E-state index in [2.05, 4.69) is 15.5 Å². The molecular formula is C17H11N5O4S. The monoisotopic (exact) mass is 381 g/mol. The van der Waals surface area contributed by atoms with Crippen LogP contribution in [0.1, 0.15) is 5.56 Å². The highest BCUT2D eigenvalue weighted by Gasteiger charge is 2.31. The van der Waals surface area contributed by atoms with Crippen molar-refractivity contribution in [3.8, 4) is 0 Å². The third kappa shape index (κ3) is 3.06. The molecule has 4 rings (SSSR count). The number of amidine groups is 1. The van der Waals surface area contributed by atoms with Crippen LogP contribution in [0.15, 0.2) is 58.7 Å². The molecule has 1 saturated heterocycles. The quantitative estimate of drug-likeness (QED) is 0.647. The lowest BCUT2D eigenvalue weighted by Crippen LogP contribution is -2.29. The van der Waals surface area contributed by atoms with Gasteiger partial charge in [0.2, 0.25) is 5.91 Å². The summed E-state index contributed by atoms with van der Waals surface area (Å²) in [6.07, 6.45) is 0. The van der Waals surface area contributed by atoms with Crippen molar-refractivity contribution in [1.29, 1.82) is 0 Å². The number of nitrogens with zero attached hydrogens (tertiary/aromatic N) is 4. The van der Waals surface area contributed by atoms with E-state index in [1.165, 1.54) is 34.9 Å². The largest absolute Gasteiger partial charge is 0.320 e. The Morgan fingerprint density at radius 3 is 2.63 bits per heavy atom. The van der Waals surface area contributed by atoms with Crippen molar-refractivity contribution in [2.45, 2.75) is 0 Å². The summed E-state index contributed by atoms with van der Waals surface area (Å²) in [5, 5.41) is 22.0. The Hall–Kier alpha value is -3.53. The van der Waals surface area contributed by atoms with Crippen LogP contribution in [0.3, 0.4) is 0 Å². The van der Waals surface area contributed by atoms with Crippen molar-refractivity contribution in [2.24, 2.45) is 10.2 Å². The number of non-ortho nitro benzene ring substituents is 1. The number of carbonyl (C=O) groups is 2. The minimum Gasteiger partial charge on any atom is -0.320 e. The number of nitrogens with one attached hydrogen (secondary N) is 1. The fourth-order valence-corrected chi connectivity index (χ4v) is 3.53. The molecule has 2 aromatic rings. The second-order valence-electron chi connectivity index (χ2n) is 5.63. The number of rotatable bonds is 3. The lowest BCUT2D eigenvalue weighted by atomic mass is 10.1. The molecule has 0 aliphatic carbocycles. The lowest BCUT2D eigenvalue weighted by Gasteiger charge is -2.14. The zero-order chi connectivity index (χ0) is 19.0. The number of nitro groups is 1. The highest BCUT2D eigenvalue weighted by Crippen LogP contribution is 2.29. The van der Waals surface area contributed by atoms with Gasteiger partial charge in [0.15, 0.2) is 10.9 Å². The topological polar surface area (TPSA) is 117 Å². The van der Waals surface area contributed by atoms with Crippen molar-refractivity contribution in [1.82, 2.24) is 0 Å². The van der Waals surface area contributed by atoms with Gasteiger partial charge >= 0.3 is 0 Å². The predicted molar refractivity (Wildman–Crippen MR) is 102 cm³/mol. The molecule has 2 aliphatic heterocycles. The van der Waals surface area contributed by atoms with Gasteiger partial charge in [-0.25, -0.2) is 0 Å². The molecule has 134 valence electrons. The van der Waals surface area contributed by atoms with E-state index in [4.69, 9.17) is 0 Å². The van der Waals surface area contributed by atoms with Crippen LogP contribution in [0.25, 0.3) is 0 Å². The van der Waals surface area contributed by atoms with Gasteiger partial charge in [0.1, 0.15) is 0 Å². The molecule has 1 N–H and O–H groups in total. The normalized spacial score (nSPS) is 18.9. The summed E-state index contributed by atoms with van der Waals surface area (Å²) in [6, 6.07) is 13.0. The summed E-state index contributed by atoms with van der Waals surface area (Å²) in [5.74, 6) is -0.431. The molecule has 0 bridgehead atoms. The van der Waals surface area contributed by atoms with E-state index in [9.17, 15) is 19.7 Å². The smallest absolute Gasteiger partial charge is 0.276 e. The van der Waals surface area contributed by atoms with Crippen LogP contribution >= 0.6 is 11.8 Å². The average molecular weight is 381 g/mol. The third-order valence-corrected chi connectivity index (χ3v) is 4.86. The zero-order valence-electron chi connectivity index (χ0n) is 13.7. The molecule has 0 radical (unpaired) electrons. The van der Waals surface area contributed by atoms with Crippen molar-refractivity contribution >= 4 is 51.5 Å². The average Bonchev–Trinajstić information content (AvgIpc) is 3.19. The Balaban J connectivity index is 1.72. The minimum atomic E-state index is -0.546. The van der Waals surface area contributed by atoms with Gasteiger partial charge in [0.25, 0.3) is 11.6 Å². The van der Waals surface area contributed by atoms with E-state index < -0.39 is 10.8 Å². The maximum absolute atomic E-state index is 12.2. The van der Waals surface area contributed by atoms with Crippen LogP contribution in [0.2, 0.25) is 0 Å². The van der Waals surface area contributed by atoms with Crippen molar-refractivity contribution < 1.29 is 14.5 Å². The standard InChI is InChI=1S/C17H11N5O4S/c23-14-9-27-17(21(14)10-4-2-1-3-5-10)20-19-15-12-8-11(22(25)26)6-7-13(12)18-16(15)24/h1-8H,9H2,(H,18,19,24)/b20-17-. The van der Waals surface area contributed by atoms with E-state index in [1.54, 1.807) is 24.3 Å². The molecule has 0 atom stereocenters. The van der Waals surface area contributed by atoms with Crippen LogP contribution in [0, 0.1) is 10.1 Å². The van der Waals surface area contributed by atoms with Crippen LogP contribution in [-0.4, -0.2) is 33.4 Å². The molecule has 27 heavy (non-hydrogen) atoms. The van der Waals surface area contributed by atoms with Crippen LogP contribution in [-0.2, 0) is 9.59 Å². The van der Waals surface area contributed by atoms with Gasteiger partial charge in [-0.15, -0.1) is 10.2 Å². The molecule has 2 heterocycles. The first kappa shape index (κ1) is 16.9. The Bertz CT molecular complexity index is 1030. The summed E-state index contributed by atoms with van der Waals surface area (Å²) in [7, 11) is 0. The number of nitro benzene ring substituents is 1. The molecule has 0 unspecified atom stereocenters. The summed E-state index contributed by atoms with van der Waals surface area (Å²) in [4.78, 5) is 36.2. The fourth-order valence-electron chi connectivity index (χ4n) is 2.71. The second kappa shape index (κ2) is 6.65. The molecule has 2 amide bonds. The Morgan fingerprint density at radius 2 is 1.89 bits per heavy atom. The lowest BCUT2D eigenvalue weighted by molar-refractivity contribution is -0.384. The van der Waals surface area contributed by atoms with Gasteiger partial charge in [-0.1, -0.05) is 30.0 Å². The summed E-state index contributed by atoms with van der Waals surface area (Å²) >= 11 is 1.21. The summed E-state index contributed by atoms with van der Waals surface area (Å²) < 4.78 is 0. The SMILES string of the molecule is O=C1Nc2ccc([N+](=O)[O-])cc2/C1=N\N=C1/SCC(=O)N1c1ccccc1. The number of amides is 2. The maximum atomic E-state index is 12.2. The van der Waals surface area contributed by atoms with Crippen molar-refractivity contribution in [3.05, 3.63) is 64.2 Å². The van der Waals surface area contributed by atoms with Crippen LogP contribution in [0.4, 0.5) is 17.1 Å². The van der Waals surface area contributed by atoms with E-state index in [0.717, 1.165) is 0 Å². The van der Waals surface area contributed by atoms with E-state index in [-0.39, 0.29) is 23.1 Å². The van der Waals surface area contributed by atoms with Gasteiger partial charge in [0, 0.05) is 17.7 Å². The number of thioether (sulfide) groups is 1. The molecule has 0 aromatic heterocycles. The summed E-state index contributed by atoms with van der Waals surface area (Å²) in [5.41, 5.74) is 1.20. The Morgan fingerprint density at radius 1 is 1.11 bits per heavy atom. The first-order valence-corrected chi connectivity index (χ1v) is 8.80. The van der Waals surface area contributed by atoms with Gasteiger partial charge in [-0.05, 0) is 18.2 Å². The van der Waals surface area contributed by atoms with Crippen molar-refractivity contribution in [3.63, 3.8) is 0 Å². The number of fused-ring (bicyclic) bond motifs is 1. The zero-order valence-corrected chi connectivity index (χ0v) is 14.5. The fraction of sp³-hybridized carbons (Fsp3) is 0.0588. The van der Waals surface area contributed by atoms with Crippen LogP contribution < -0.4 is 10.2 Å². The van der Waals surface area contributed by atoms with Gasteiger partial charge in [0.05, 0.1) is 22.1 Å². The maximum Gasteiger partial charge on any atom is 0.276 e. The second-order valence-corrected chi connectivity index (χ2v) is 6.57. The number of anilines is 2. The molecule has 0 saturated carbocycles. The van der Waals surface area contributed by atoms with Crippen LogP contribution in [0.5, 0.6) is 0 Å². The predicted octanol–water partition coefficient (Wildman–Crippen LogP) is 2.39.